The second-order valence-electron chi connectivity index (χ2n) is 5.32. The van der Waals surface area contributed by atoms with E-state index in [-0.39, 0.29) is 5.57 Å². The van der Waals surface area contributed by atoms with E-state index in [4.69, 9.17) is 0 Å². The Kier molecular flexibility index (Phi) is 5.34. The molecule has 3 aromatic rings. The molecule has 0 saturated heterocycles. The van der Waals surface area contributed by atoms with E-state index >= 15 is 0 Å². The van der Waals surface area contributed by atoms with Crippen molar-refractivity contribution in [3.63, 3.8) is 0 Å². The highest BCUT2D eigenvalue weighted by atomic mass is 32.2. The van der Waals surface area contributed by atoms with Gasteiger partial charge in [-0.3, -0.25) is 4.79 Å². The molecular weight excluding hydrogens is 356 g/mol. The molecular formula is C19H13F2N3OS. The van der Waals surface area contributed by atoms with Crippen LogP contribution >= 0.6 is 11.8 Å². The van der Waals surface area contributed by atoms with Gasteiger partial charge in [0.1, 0.15) is 11.6 Å². The van der Waals surface area contributed by atoms with Crippen LogP contribution in [0.1, 0.15) is 5.56 Å². The van der Waals surface area contributed by atoms with Gasteiger partial charge in [0.2, 0.25) is 0 Å². The molecule has 2 N–H and O–H groups in total. The Morgan fingerprint density at radius 3 is 2.62 bits per heavy atom. The first-order valence-electron chi connectivity index (χ1n) is 7.61. The highest BCUT2D eigenvalue weighted by Crippen LogP contribution is 2.26. The van der Waals surface area contributed by atoms with Crippen LogP contribution in [0.15, 0.2) is 65.2 Å². The molecule has 0 aliphatic rings. The minimum atomic E-state index is -2.50. The molecule has 1 aromatic heterocycles. The van der Waals surface area contributed by atoms with E-state index in [2.05, 4.69) is 10.3 Å². The number of alkyl halides is 2. The normalized spacial score (nSPS) is 11.5. The number of fused-ring (bicyclic) bond motifs is 1. The van der Waals surface area contributed by atoms with Crippen molar-refractivity contribution in [1.29, 1.82) is 5.26 Å². The maximum Gasteiger partial charge on any atom is 0.288 e. The molecule has 0 bridgehead atoms. The second-order valence-corrected chi connectivity index (χ2v) is 6.38. The Balaban J connectivity index is 1.78. The number of rotatable bonds is 5. The van der Waals surface area contributed by atoms with Crippen LogP contribution in [0.25, 0.3) is 17.0 Å². The number of aromatic amines is 1. The van der Waals surface area contributed by atoms with E-state index in [1.54, 1.807) is 6.20 Å². The molecule has 0 unspecified atom stereocenters. The number of halogens is 2. The number of nitriles is 1. The topological polar surface area (TPSA) is 68.7 Å². The molecule has 130 valence electrons. The monoisotopic (exact) mass is 369 g/mol. The fourth-order valence-corrected chi connectivity index (χ4v) is 2.93. The summed E-state index contributed by atoms with van der Waals surface area (Å²) in [7, 11) is 0. The van der Waals surface area contributed by atoms with Crippen LogP contribution in [-0.2, 0) is 4.79 Å². The van der Waals surface area contributed by atoms with E-state index in [9.17, 15) is 18.8 Å². The van der Waals surface area contributed by atoms with E-state index in [1.807, 2.05) is 30.3 Å². The highest BCUT2D eigenvalue weighted by molar-refractivity contribution is 7.99. The molecule has 2 aromatic carbocycles. The first kappa shape index (κ1) is 17.7. The lowest BCUT2D eigenvalue weighted by Gasteiger charge is -2.05. The molecule has 0 atom stereocenters. The summed E-state index contributed by atoms with van der Waals surface area (Å²) in [5.41, 5.74) is 2.01. The summed E-state index contributed by atoms with van der Waals surface area (Å²) in [6, 6.07) is 15.5. The number of H-pyrrole nitrogens is 1. The number of para-hydroxylation sites is 1. The summed E-state index contributed by atoms with van der Waals surface area (Å²) in [6.45, 7) is 0. The van der Waals surface area contributed by atoms with Gasteiger partial charge in [0.15, 0.2) is 0 Å². The van der Waals surface area contributed by atoms with Crippen LogP contribution in [0.5, 0.6) is 0 Å². The Labute approximate surface area is 152 Å². The van der Waals surface area contributed by atoms with E-state index < -0.39 is 11.7 Å². The molecule has 0 fully saturated rings. The number of carbonyl (C=O) groups excluding carboxylic acids is 1. The predicted octanol–water partition coefficient (Wildman–Crippen LogP) is 5.03. The Hall–Kier alpha value is -3.11. The number of benzene rings is 2. The Morgan fingerprint density at radius 1 is 1.19 bits per heavy atom. The molecule has 1 amide bonds. The maximum absolute atomic E-state index is 12.3. The summed E-state index contributed by atoms with van der Waals surface area (Å²) >= 11 is 0.427. The van der Waals surface area contributed by atoms with Gasteiger partial charge in [-0.25, -0.2) is 0 Å². The molecule has 0 spiro atoms. The van der Waals surface area contributed by atoms with Crippen molar-refractivity contribution < 1.29 is 13.6 Å². The van der Waals surface area contributed by atoms with Crippen LogP contribution in [0.3, 0.4) is 0 Å². The number of aromatic nitrogens is 1. The van der Waals surface area contributed by atoms with Gasteiger partial charge in [0.25, 0.3) is 11.7 Å². The summed E-state index contributed by atoms with van der Waals surface area (Å²) in [4.78, 5) is 15.8. The number of amides is 1. The van der Waals surface area contributed by atoms with Gasteiger partial charge in [-0.2, -0.15) is 14.0 Å². The van der Waals surface area contributed by atoms with Crippen LogP contribution in [0.4, 0.5) is 14.5 Å². The average molecular weight is 369 g/mol. The smallest absolute Gasteiger partial charge is 0.288 e. The minimum absolute atomic E-state index is 0.0548. The van der Waals surface area contributed by atoms with E-state index in [1.165, 1.54) is 30.3 Å². The van der Waals surface area contributed by atoms with Gasteiger partial charge in [-0.15, -0.1) is 0 Å². The number of hydrogen-bond acceptors (Lipinski definition) is 3. The lowest BCUT2D eigenvalue weighted by atomic mass is 10.1. The number of hydrogen-bond donors (Lipinski definition) is 2. The molecule has 7 heteroatoms. The van der Waals surface area contributed by atoms with Crippen LogP contribution in [0, 0.1) is 11.3 Å². The fourth-order valence-electron chi connectivity index (χ4n) is 2.44. The quantitative estimate of drug-likeness (QED) is 0.377. The molecule has 0 radical (unpaired) electrons. The van der Waals surface area contributed by atoms with Gasteiger partial charge < -0.3 is 10.3 Å². The zero-order valence-electron chi connectivity index (χ0n) is 13.4. The number of thioether (sulfide) groups is 1. The number of carbonyl (C=O) groups is 1. The van der Waals surface area contributed by atoms with Gasteiger partial charge in [-0.05, 0) is 36.4 Å². The van der Waals surface area contributed by atoms with Crippen molar-refractivity contribution in [2.24, 2.45) is 0 Å². The summed E-state index contributed by atoms with van der Waals surface area (Å²) < 4.78 is 24.6. The first-order chi connectivity index (χ1) is 12.6. The van der Waals surface area contributed by atoms with Crippen molar-refractivity contribution in [3.8, 4) is 6.07 Å². The molecule has 4 nitrogen and oxygen atoms in total. The van der Waals surface area contributed by atoms with Crippen molar-refractivity contribution in [2.75, 3.05) is 5.32 Å². The maximum atomic E-state index is 12.3. The Morgan fingerprint density at radius 2 is 1.92 bits per heavy atom. The van der Waals surface area contributed by atoms with Crippen LogP contribution in [0.2, 0.25) is 0 Å². The number of nitrogens with one attached hydrogen (secondary N) is 2. The van der Waals surface area contributed by atoms with Crippen LogP contribution in [-0.4, -0.2) is 16.6 Å². The molecule has 0 aliphatic heterocycles. The lowest BCUT2D eigenvalue weighted by Crippen LogP contribution is -2.13. The standard InChI is InChI=1S/C19H13F2N3OS/c20-19(21)26-15-7-5-14(6-8-15)24-18(25)12(10-22)9-13-11-23-17-4-2-1-3-16(13)17/h1-9,11,19,23H,(H,24,25). The van der Waals surface area contributed by atoms with Crippen LogP contribution < -0.4 is 5.32 Å². The van der Waals surface area contributed by atoms with Gasteiger partial charge in [-0.1, -0.05) is 30.0 Å². The molecule has 3 rings (SSSR count). The SMILES string of the molecule is N#CC(=Cc1c[nH]c2ccccc12)C(=O)Nc1ccc(SC(F)F)cc1. The molecule has 0 saturated carbocycles. The van der Waals surface area contributed by atoms with Crippen molar-refractivity contribution in [1.82, 2.24) is 4.98 Å². The zero-order chi connectivity index (χ0) is 18.5. The summed E-state index contributed by atoms with van der Waals surface area (Å²) in [5, 5.41) is 12.8. The van der Waals surface area contributed by atoms with Crippen molar-refractivity contribution >= 4 is 40.3 Å². The lowest BCUT2D eigenvalue weighted by molar-refractivity contribution is -0.112. The number of nitrogens with zero attached hydrogens (tertiary/aromatic N) is 1. The zero-order valence-corrected chi connectivity index (χ0v) is 14.2. The van der Waals surface area contributed by atoms with Gasteiger partial charge >= 0.3 is 0 Å². The third-order valence-corrected chi connectivity index (χ3v) is 4.35. The van der Waals surface area contributed by atoms with Crippen molar-refractivity contribution in [2.45, 2.75) is 10.7 Å². The average Bonchev–Trinajstić information content (AvgIpc) is 3.04. The van der Waals surface area contributed by atoms with E-state index in [0.717, 1.165) is 16.5 Å². The molecule has 1 heterocycles. The summed E-state index contributed by atoms with van der Waals surface area (Å²) in [6.07, 6.45) is 3.24. The predicted molar refractivity (Wildman–Crippen MR) is 98.8 cm³/mol. The second kappa shape index (κ2) is 7.85. The third kappa shape index (κ3) is 4.10. The third-order valence-electron chi connectivity index (χ3n) is 3.62. The van der Waals surface area contributed by atoms with Crippen molar-refractivity contribution in [3.05, 3.63) is 65.9 Å². The summed E-state index contributed by atoms with van der Waals surface area (Å²) in [5.74, 6) is -3.06. The minimum Gasteiger partial charge on any atom is -0.361 e. The molecule has 26 heavy (non-hydrogen) atoms. The van der Waals surface area contributed by atoms with Gasteiger partial charge in [0, 0.05) is 33.2 Å². The highest BCUT2D eigenvalue weighted by Gasteiger charge is 2.12. The number of anilines is 1. The largest absolute Gasteiger partial charge is 0.361 e. The first-order valence-corrected chi connectivity index (χ1v) is 8.49. The van der Waals surface area contributed by atoms with E-state index in [0.29, 0.717) is 22.3 Å². The van der Waals surface area contributed by atoms with Gasteiger partial charge in [0.05, 0.1) is 0 Å². The fraction of sp³-hybridized carbons (Fsp3) is 0.0526. The molecule has 0 aliphatic carbocycles. The Bertz CT molecular complexity index is 1000.